The van der Waals surface area contributed by atoms with Gasteiger partial charge in [0.05, 0.1) is 6.04 Å². The molecule has 2 aromatic rings. The van der Waals surface area contributed by atoms with E-state index in [2.05, 4.69) is 34.5 Å². The SMILES string of the molecule is C[C@H](N[C@@H](C)c1ccccc1Cl)C(=O)N1CCN(Cc2ccccc2)CC1. The summed E-state index contributed by atoms with van der Waals surface area (Å²) in [5.74, 6) is 0.160. The molecule has 0 bridgehead atoms. The standard InChI is InChI=1S/C22H28ClN3O/c1-17(20-10-6-7-11-21(20)23)24-18(2)22(27)26-14-12-25(13-15-26)16-19-8-4-3-5-9-19/h3-11,17-18,24H,12-16H2,1-2H3/t17-,18-/m0/s1. The van der Waals surface area contributed by atoms with Gasteiger partial charge >= 0.3 is 0 Å². The molecule has 0 radical (unpaired) electrons. The van der Waals surface area contributed by atoms with Crippen molar-refractivity contribution in [2.75, 3.05) is 26.2 Å². The van der Waals surface area contributed by atoms with Crippen molar-refractivity contribution in [2.45, 2.75) is 32.5 Å². The summed E-state index contributed by atoms with van der Waals surface area (Å²) in [6.07, 6.45) is 0. The van der Waals surface area contributed by atoms with Gasteiger partial charge in [-0.3, -0.25) is 15.0 Å². The van der Waals surface area contributed by atoms with Crippen molar-refractivity contribution in [1.82, 2.24) is 15.1 Å². The van der Waals surface area contributed by atoms with E-state index in [1.165, 1.54) is 5.56 Å². The van der Waals surface area contributed by atoms with Crippen LogP contribution in [0.25, 0.3) is 0 Å². The van der Waals surface area contributed by atoms with Crippen LogP contribution in [0.3, 0.4) is 0 Å². The number of nitrogens with zero attached hydrogens (tertiary/aromatic N) is 2. The Hall–Kier alpha value is -1.88. The number of rotatable bonds is 6. The minimum atomic E-state index is -0.239. The molecular weight excluding hydrogens is 358 g/mol. The fourth-order valence-electron chi connectivity index (χ4n) is 3.60. The first-order chi connectivity index (χ1) is 13.0. The van der Waals surface area contributed by atoms with Gasteiger partial charge in [0.25, 0.3) is 0 Å². The van der Waals surface area contributed by atoms with Crippen LogP contribution in [0.4, 0.5) is 0 Å². The second-order valence-electron chi connectivity index (χ2n) is 7.22. The van der Waals surface area contributed by atoms with Crippen LogP contribution in [-0.2, 0) is 11.3 Å². The summed E-state index contributed by atoms with van der Waals surface area (Å²) in [5.41, 5.74) is 2.34. The molecule has 27 heavy (non-hydrogen) atoms. The van der Waals surface area contributed by atoms with Crippen molar-refractivity contribution >= 4 is 17.5 Å². The van der Waals surface area contributed by atoms with E-state index in [-0.39, 0.29) is 18.0 Å². The first kappa shape index (κ1) is 19.9. The average molecular weight is 386 g/mol. The highest BCUT2D eigenvalue weighted by molar-refractivity contribution is 6.31. The van der Waals surface area contributed by atoms with Crippen molar-refractivity contribution in [3.8, 4) is 0 Å². The van der Waals surface area contributed by atoms with E-state index in [9.17, 15) is 4.79 Å². The quantitative estimate of drug-likeness (QED) is 0.823. The average Bonchev–Trinajstić information content (AvgIpc) is 2.69. The molecule has 1 aliphatic heterocycles. The Morgan fingerprint density at radius 1 is 1.00 bits per heavy atom. The van der Waals surface area contributed by atoms with E-state index in [0.29, 0.717) is 0 Å². The molecule has 1 amide bonds. The minimum absolute atomic E-state index is 0.0250. The third-order valence-electron chi connectivity index (χ3n) is 5.18. The Kier molecular flexibility index (Phi) is 6.89. The van der Waals surface area contributed by atoms with Gasteiger partial charge in [-0.1, -0.05) is 60.1 Å². The van der Waals surface area contributed by atoms with Crippen LogP contribution in [0, 0.1) is 0 Å². The fourth-order valence-corrected chi connectivity index (χ4v) is 3.90. The summed E-state index contributed by atoms with van der Waals surface area (Å²) >= 11 is 6.27. The first-order valence-electron chi connectivity index (χ1n) is 9.60. The predicted molar refractivity (Wildman–Crippen MR) is 111 cm³/mol. The molecule has 1 N–H and O–H groups in total. The highest BCUT2D eigenvalue weighted by Gasteiger charge is 2.26. The summed E-state index contributed by atoms with van der Waals surface area (Å²) < 4.78 is 0. The molecular formula is C22H28ClN3O. The zero-order valence-electron chi connectivity index (χ0n) is 16.1. The summed E-state index contributed by atoms with van der Waals surface area (Å²) in [7, 11) is 0. The van der Waals surface area contributed by atoms with Crippen molar-refractivity contribution in [2.24, 2.45) is 0 Å². The molecule has 144 valence electrons. The molecule has 1 saturated heterocycles. The van der Waals surface area contributed by atoms with Crippen LogP contribution in [0.1, 0.15) is 31.0 Å². The van der Waals surface area contributed by atoms with Gasteiger partial charge in [-0.2, -0.15) is 0 Å². The lowest BCUT2D eigenvalue weighted by Gasteiger charge is -2.36. The number of halogens is 1. The number of hydrogen-bond donors (Lipinski definition) is 1. The van der Waals surface area contributed by atoms with Crippen LogP contribution in [-0.4, -0.2) is 47.9 Å². The van der Waals surface area contributed by atoms with E-state index in [1.807, 2.05) is 49.1 Å². The lowest BCUT2D eigenvalue weighted by atomic mass is 10.1. The van der Waals surface area contributed by atoms with E-state index >= 15 is 0 Å². The molecule has 3 rings (SSSR count). The molecule has 2 atom stereocenters. The monoisotopic (exact) mass is 385 g/mol. The summed E-state index contributed by atoms with van der Waals surface area (Å²) in [5, 5.41) is 4.12. The Morgan fingerprint density at radius 2 is 1.63 bits per heavy atom. The number of hydrogen-bond acceptors (Lipinski definition) is 3. The Balaban J connectivity index is 1.49. The van der Waals surface area contributed by atoms with Gasteiger partial charge in [-0.15, -0.1) is 0 Å². The normalized spacial score (nSPS) is 17.5. The third kappa shape index (κ3) is 5.32. The topological polar surface area (TPSA) is 35.6 Å². The highest BCUT2D eigenvalue weighted by Crippen LogP contribution is 2.22. The van der Waals surface area contributed by atoms with Gasteiger partial charge in [0, 0.05) is 43.8 Å². The van der Waals surface area contributed by atoms with Crippen molar-refractivity contribution in [3.05, 3.63) is 70.7 Å². The fraction of sp³-hybridized carbons (Fsp3) is 0.409. The van der Waals surface area contributed by atoms with E-state index in [0.717, 1.165) is 43.3 Å². The van der Waals surface area contributed by atoms with Crippen molar-refractivity contribution in [1.29, 1.82) is 0 Å². The number of carbonyl (C=O) groups is 1. The maximum atomic E-state index is 12.8. The van der Waals surface area contributed by atoms with Gasteiger partial charge < -0.3 is 4.90 Å². The Morgan fingerprint density at radius 3 is 2.30 bits per heavy atom. The van der Waals surface area contributed by atoms with Crippen LogP contribution >= 0.6 is 11.6 Å². The molecule has 0 aliphatic carbocycles. The van der Waals surface area contributed by atoms with Gasteiger partial charge in [-0.25, -0.2) is 0 Å². The summed E-state index contributed by atoms with van der Waals surface area (Å²) in [6.45, 7) is 8.30. The lowest BCUT2D eigenvalue weighted by molar-refractivity contribution is -0.135. The number of amides is 1. The lowest BCUT2D eigenvalue weighted by Crippen LogP contribution is -2.53. The molecule has 1 fully saturated rings. The molecule has 0 aromatic heterocycles. The third-order valence-corrected chi connectivity index (χ3v) is 5.52. The molecule has 0 saturated carbocycles. The number of carbonyl (C=O) groups excluding carboxylic acids is 1. The first-order valence-corrected chi connectivity index (χ1v) is 9.98. The van der Waals surface area contributed by atoms with Crippen molar-refractivity contribution in [3.63, 3.8) is 0 Å². The number of piperazine rings is 1. The Labute approximate surface area is 167 Å². The number of nitrogens with one attached hydrogen (secondary N) is 1. The second kappa shape index (κ2) is 9.36. The van der Waals surface area contributed by atoms with Crippen LogP contribution in [0.5, 0.6) is 0 Å². The molecule has 4 nitrogen and oxygen atoms in total. The van der Waals surface area contributed by atoms with Gasteiger partial charge in [0.15, 0.2) is 0 Å². The van der Waals surface area contributed by atoms with E-state index in [1.54, 1.807) is 0 Å². The molecule has 2 aromatic carbocycles. The Bertz CT molecular complexity index is 744. The molecule has 5 heteroatoms. The maximum absolute atomic E-state index is 12.8. The van der Waals surface area contributed by atoms with Crippen LogP contribution in [0.2, 0.25) is 5.02 Å². The predicted octanol–water partition coefficient (Wildman–Crippen LogP) is 3.72. The molecule has 0 spiro atoms. The molecule has 0 unspecified atom stereocenters. The summed E-state index contributed by atoms with van der Waals surface area (Å²) in [4.78, 5) is 17.2. The van der Waals surface area contributed by atoms with E-state index in [4.69, 9.17) is 11.6 Å². The number of benzene rings is 2. The molecule has 1 aliphatic rings. The van der Waals surface area contributed by atoms with Crippen LogP contribution in [0.15, 0.2) is 54.6 Å². The second-order valence-corrected chi connectivity index (χ2v) is 7.63. The molecule has 1 heterocycles. The van der Waals surface area contributed by atoms with Crippen molar-refractivity contribution < 1.29 is 4.79 Å². The minimum Gasteiger partial charge on any atom is -0.339 e. The summed E-state index contributed by atoms with van der Waals surface area (Å²) in [6, 6.07) is 18.0. The van der Waals surface area contributed by atoms with E-state index < -0.39 is 0 Å². The zero-order chi connectivity index (χ0) is 19.2. The highest BCUT2D eigenvalue weighted by atomic mass is 35.5. The zero-order valence-corrected chi connectivity index (χ0v) is 16.8. The smallest absolute Gasteiger partial charge is 0.239 e. The largest absolute Gasteiger partial charge is 0.339 e. The van der Waals surface area contributed by atoms with Gasteiger partial charge in [0.2, 0.25) is 5.91 Å². The van der Waals surface area contributed by atoms with Crippen LogP contribution < -0.4 is 5.32 Å². The maximum Gasteiger partial charge on any atom is 0.239 e. The van der Waals surface area contributed by atoms with Gasteiger partial charge in [-0.05, 0) is 31.0 Å². The van der Waals surface area contributed by atoms with Gasteiger partial charge in [0.1, 0.15) is 0 Å².